The van der Waals surface area contributed by atoms with E-state index < -0.39 is 6.29 Å². The second-order valence-corrected chi connectivity index (χ2v) is 8.00. The van der Waals surface area contributed by atoms with Crippen molar-refractivity contribution >= 4 is 34.4 Å². The highest BCUT2D eigenvalue weighted by Crippen LogP contribution is 2.42. The number of imidazole rings is 1. The smallest absolute Gasteiger partial charge is 0.395 e. The van der Waals surface area contributed by atoms with E-state index in [1.807, 2.05) is 24.3 Å². The van der Waals surface area contributed by atoms with Crippen LogP contribution < -0.4 is 14.8 Å². The molecule has 6 nitrogen and oxygen atoms in total. The number of hydrogen-bond donors (Lipinski definition) is 1. The molecule has 0 bridgehead atoms. The number of carbonyl (C=O) groups is 1. The predicted octanol–water partition coefficient (Wildman–Crippen LogP) is 4.74. The van der Waals surface area contributed by atoms with Gasteiger partial charge < -0.3 is 19.4 Å². The van der Waals surface area contributed by atoms with Gasteiger partial charge in [-0.05, 0) is 30.2 Å². The first kappa shape index (κ1) is 19.5. The first-order valence-corrected chi connectivity index (χ1v) is 10.1. The number of alkyl halides is 2. The van der Waals surface area contributed by atoms with E-state index in [1.54, 1.807) is 0 Å². The highest BCUT2D eigenvalue weighted by Gasteiger charge is 2.43. The third-order valence-electron chi connectivity index (χ3n) is 4.18. The van der Waals surface area contributed by atoms with Crippen LogP contribution in [0.3, 0.4) is 0 Å². The van der Waals surface area contributed by atoms with Crippen molar-refractivity contribution in [3.63, 3.8) is 0 Å². The summed E-state index contributed by atoms with van der Waals surface area (Å²) in [6.07, 6.45) is -3.68. The van der Waals surface area contributed by atoms with Gasteiger partial charge in [0, 0.05) is 18.3 Å². The lowest BCUT2D eigenvalue weighted by molar-refractivity contribution is -0.286. The van der Waals surface area contributed by atoms with Crippen molar-refractivity contribution in [2.24, 2.45) is 5.92 Å². The summed E-state index contributed by atoms with van der Waals surface area (Å²) in [5.74, 6) is 0.103. The predicted molar refractivity (Wildman–Crippen MR) is 107 cm³/mol. The Kier molecular flexibility index (Phi) is 5.08. The fourth-order valence-corrected chi connectivity index (χ4v) is 3.88. The van der Waals surface area contributed by atoms with Gasteiger partial charge in [-0.25, -0.2) is 4.98 Å². The van der Waals surface area contributed by atoms with Gasteiger partial charge in [-0.15, -0.1) is 8.78 Å². The lowest BCUT2D eigenvalue weighted by atomic mass is 10.2. The van der Waals surface area contributed by atoms with Gasteiger partial charge in [0.25, 0.3) is 0 Å². The summed E-state index contributed by atoms with van der Waals surface area (Å²) in [4.78, 5) is 17.0. The molecule has 1 aromatic heterocycles. The summed E-state index contributed by atoms with van der Waals surface area (Å²) in [6.45, 7) is 5.04. The highest BCUT2D eigenvalue weighted by molar-refractivity contribution is 7.99. The van der Waals surface area contributed by atoms with Crippen molar-refractivity contribution in [2.75, 3.05) is 11.1 Å². The maximum absolute atomic E-state index is 13.1. The quantitative estimate of drug-likeness (QED) is 0.585. The summed E-state index contributed by atoms with van der Waals surface area (Å²) < 4.78 is 37.1. The zero-order valence-electron chi connectivity index (χ0n) is 15.8. The minimum Gasteiger partial charge on any atom is -0.395 e. The Morgan fingerprint density at radius 3 is 2.76 bits per heavy atom. The number of halogens is 2. The second kappa shape index (κ2) is 7.55. The number of hydrogen-bond acceptors (Lipinski definition) is 5. The number of aromatic nitrogens is 2. The van der Waals surface area contributed by atoms with E-state index in [0.29, 0.717) is 11.6 Å². The average molecular weight is 419 g/mol. The number of carbonyl (C=O) groups excluding carboxylic acids is 1. The molecule has 1 aliphatic rings. The summed E-state index contributed by atoms with van der Waals surface area (Å²) >= 11 is 1.33. The molecule has 0 atom stereocenters. The van der Waals surface area contributed by atoms with Crippen molar-refractivity contribution in [2.45, 2.75) is 31.8 Å². The zero-order chi connectivity index (χ0) is 20.6. The molecular formula is C20H19F2N3O3S. The number of para-hydroxylation sites is 2. The molecule has 0 unspecified atom stereocenters. The molecule has 1 amide bonds. The molecule has 9 heteroatoms. The number of anilines is 1. The van der Waals surface area contributed by atoms with Crippen LogP contribution in [0, 0.1) is 5.92 Å². The number of fused-ring (bicyclic) bond motifs is 2. The molecule has 152 valence electrons. The highest BCUT2D eigenvalue weighted by atomic mass is 32.2. The maximum atomic E-state index is 13.1. The number of ether oxygens (including phenoxy) is 2. The number of benzene rings is 2. The Labute approximate surface area is 170 Å². The van der Waals surface area contributed by atoms with E-state index in [4.69, 9.17) is 0 Å². The van der Waals surface area contributed by atoms with Crippen molar-refractivity contribution in [1.29, 1.82) is 0 Å². The fourth-order valence-electron chi connectivity index (χ4n) is 3.06. The van der Waals surface area contributed by atoms with Crippen molar-refractivity contribution in [3.8, 4) is 11.5 Å². The van der Waals surface area contributed by atoms with Crippen molar-refractivity contribution < 1.29 is 23.0 Å². The molecule has 4 rings (SSSR count). The molecule has 2 aromatic carbocycles. The Balaban J connectivity index is 1.44. The topological polar surface area (TPSA) is 65.4 Å². The van der Waals surface area contributed by atoms with Crippen LogP contribution in [0.15, 0.2) is 47.6 Å². The summed E-state index contributed by atoms with van der Waals surface area (Å²) in [7, 11) is 0. The molecule has 0 aliphatic carbocycles. The van der Waals surface area contributed by atoms with Crippen LogP contribution in [0.5, 0.6) is 11.5 Å². The van der Waals surface area contributed by atoms with Crippen LogP contribution in [0.1, 0.15) is 13.8 Å². The molecule has 0 fully saturated rings. The first-order chi connectivity index (χ1) is 13.8. The molecule has 2 heterocycles. The molecular weight excluding hydrogens is 400 g/mol. The molecule has 0 radical (unpaired) electrons. The SMILES string of the molecule is CC(C)Cn1c(SCC(=O)Nc2ccc3c(c2)OC(F)(F)O3)nc2ccccc21. The second-order valence-electron chi connectivity index (χ2n) is 7.05. The van der Waals surface area contributed by atoms with Gasteiger partial charge in [-0.2, -0.15) is 0 Å². The van der Waals surface area contributed by atoms with Crippen LogP contribution in [0.2, 0.25) is 0 Å². The van der Waals surface area contributed by atoms with Gasteiger partial charge >= 0.3 is 6.29 Å². The van der Waals surface area contributed by atoms with Gasteiger partial charge in [0.05, 0.1) is 16.8 Å². The molecule has 3 aromatic rings. The molecule has 0 spiro atoms. The molecule has 1 N–H and O–H groups in total. The van der Waals surface area contributed by atoms with Crippen molar-refractivity contribution in [1.82, 2.24) is 9.55 Å². The number of rotatable bonds is 6. The third-order valence-corrected chi connectivity index (χ3v) is 5.16. The lowest BCUT2D eigenvalue weighted by Crippen LogP contribution is -2.25. The van der Waals surface area contributed by atoms with Gasteiger partial charge in [-0.1, -0.05) is 37.7 Å². The van der Waals surface area contributed by atoms with Crippen LogP contribution in [0.4, 0.5) is 14.5 Å². The maximum Gasteiger partial charge on any atom is 0.586 e. The molecule has 29 heavy (non-hydrogen) atoms. The average Bonchev–Trinajstić information content (AvgIpc) is 3.15. The Morgan fingerprint density at radius 2 is 1.97 bits per heavy atom. The number of nitrogens with one attached hydrogen (secondary N) is 1. The minimum atomic E-state index is -3.68. The summed E-state index contributed by atoms with van der Waals surface area (Å²) in [6, 6.07) is 12.0. The molecule has 0 saturated heterocycles. The molecule has 0 saturated carbocycles. The van der Waals surface area contributed by atoms with Gasteiger partial charge in [-0.3, -0.25) is 4.79 Å². The minimum absolute atomic E-state index is 0.0650. The van der Waals surface area contributed by atoms with Crippen LogP contribution >= 0.6 is 11.8 Å². The normalized spacial score (nSPS) is 14.5. The standard InChI is InChI=1S/C20H19F2N3O3S/c1-12(2)10-25-15-6-4-3-5-14(15)24-19(25)29-11-18(26)23-13-7-8-16-17(9-13)28-20(21,22)27-16/h3-9,12H,10-11H2,1-2H3,(H,23,26). The summed E-state index contributed by atoms with van der Waals surface area (Å²) in [5.41, 5.74) is 2.26. The number of thioether (sulfide) groups is 1. The fraction of sp³-hybridized carbons (Fsp3) is 0.300. The van der Waals surface area contributed by atoms with E-state index in [1.165, 1.54) is 30.0 Å². The Hall–Kier alpha value is -2.81. The van der Waals surface area contributed by atoms with Gasteiger partial charge in [0.1, 0.15) is 0 Å². The molecule has 1 aliphatic heterocycles. The number of nitrogens with zero attached hydrogens (tertiary/aromatic N) is 2. The largest absolute Gasteiger partial charge is 0.586 e. The monoisotopic (exact) mass is 419 g/mol. The van der Waals surface area contributed by atoms with Gasteiger partial charge in [0.2, 0.25) is 5.91 Å². The van der Waals surface area contributed by atoms with Crippen LogP contribution in [-0.4, -0.2) is 27.5 Å². The van der Waals surface area contributed by atoms with E-state index in [0.717, 1.165) is 22.7 Å². The number of amides is 1. The lowest BCUT2D eigenvalue weighted by Gasteiger charge is -2.11. The Morgan fingerprint density at radius 1 is 1.21 bits per heavy atom. The van der Waals surface area contributed by atoms with E-state index >= 15 is 0 Å². The third kappa shape index (κ3) is 4.29. The van der Waals surface area contributed by atoms with E-state index in [9.17, 15) is 13.6 Å². The van der Waals surface area contributed by atoms with E-state index in [2.05, 4.69) is 38.2 Å². The van der Waals surface area contributed by atoms with Crippen LogP contribution in [-0.2, 0) is 11.3 Å². The van der Waals surface area contributed by atoms with Gasteiger partial charge in [0.15, 0.2) is 16.7 Å². The van der Waals surface area contributed by atoms with E-state index in [-0.39, 0.29) is 23.2 Å². The Bertz CT molecular complexity index is 1070. The summed E-state index contributed by atoms with van der Waals surface area (Å²) in [5, 5.41) is 3.45. The first-order valence-electron chi connectivity index (χ1n) is 9.08. The van der Waals surface area contributed by atoms with Crippen molar-refractivity contribution in [3.05, 3.63) is 42.5 Å². The van der Waals surface area contributed by atoms with Crippen LogP contribution in [0.25, 0.3) is 11.0 Å². The zero-order valence-corrected chi connectivity index (χ0v) is 16.6.